The number of carboxylic acid groups (broad SMARTS) is 1. The van der Waals surface area contributed by atoms with Crippen LogP contribution in [0.4, 0.5) is 0 Å². The van der Waals surface area contributed by atoms with Crippen LogP contribution in [0.1, 0.15) is 27.2 Å². The van der Waals surface area contributed by atoms with Crippen LogP contribution < -0.4 is 5.32 Å². The smallest absolute Gasteiger partial charge is 0.317 e. The van der Waals surface area contributed by atoms with E-state index >= 15 is 0 Å². The summed E-state index contributed by atoms with van der Waals surface area (Å²) in [5.74, 6) is -1.18. The van der Waals surface area contributed by atoms with Crippen LogP contribution in [0.5, 0.6) is 0 Å². The molecule has 14 heavy (non-hydrogen) atoms. The summed E-state index contributed by atoms with van der Waals surface area (Å²) < 4.78 is -0.156. The molecule has 0 aromatic carbocycles. The lowest BCUT2D eigenvalue weighted by Gasteiger charge is -2.22. The normalized spacial score (nSPS) is 13.4. The highest BCUT2D eigenvalue weighted by molar-refractivity contribution is 8.01. The van der Waals surface area contributed by atoms with Crippen LogP contribution in [0.15, 0.2) is 0 Å². The van der Waals surface area contributed by atoms with Crippen molar-refractivity contribution in [1.29, 1.82) is 0 Å². The van der Waals surface area contributed by atoms with E-state index in [4.69, 9.17) is 5.11 Å². The van der Waals surface area contributed by atoms with E-state index in [1.165, 1.54) is 18.8 Å². The molecule has 0 aromatic heterocycles. The third kappa shape index (κ3) is 5.85. The van der Waals surface area contributed by atoms with Crippen LogP contribution in [0.25, 0.3) is 0 Å². The molecule has 82 valence electrons. The van der Waals surface area contributed by atoms with E-state index < -0.39 is 11.2 Å². The second-order valence-corrected chi connectivity index (χ2v) is 5.96. The maximum atomic E-state index is 11.0. The minimum Gasteiger partial charge on any atom is -0.480 e. The topological polar surface area (TPSA) is 66.4 Å². The summed E-state index contributed by atoms with van der Waals surface area (Å²) in [5, 5.41) is 10.6. The van der Waals surface area contributed by atoms with Crippen LogP contribution in [-0.4, -0.2) is 34.0 Å². The maximum Gasteiger partial charge on any atom is 0.317 e. The predicted octanol–water partition coefficient (Wildman–Crippen LogP) is 1.11. The van der Waals surface area contributed by atoms with E-state index in [0.29, 0.717) is 0 Å². The fourth-order valence-electron chi connectivity index (χ4n) is 0.877. The highest BCUT2D eigenvalue weighted by Gasteiger charge is 2.26. The Morgan fingerprint density at radius 3 is 2.21 bits per heavy atom. The Balaban J connectivity index is 4.31. The lowest BCUT2D eigenvalue weighted by Crippen LogP contribution is -2.30. The Bertz CT molecular complexity index is 223. The fraction of sp³-hybridized carbons (Fsp3) is 0.778. The number of rotatable bonds is 4. The molecule has 0 radical (unpaired) electrons. The Labute approximate surface area is 88.4 Å². The molecule has 0 saturated heterocycles. The van der Waals surface area contributed by atoms with Gasteiger partial charge in [-0.3, -0.25) is 9.59 Å². The molecule has 0 heterocycles. The van der Waals surface area contributed by atoms with E-state index in [1.54, 1.807) is 0 Å². The minimum absolute atomic E-state index is 0.0216. The molecule has 0 aliphatic carbocycles. The second-order valence-electron chi connectivity index (χ2n) is 3.93. The Morgan fingerprint density at radius 1 is 1.43 bits per heavy atom. The summed E-state index contributed by atoms with van der Waals surface area (Å²) in [5.41, 5.74) is 0. The Kier molecular flexibility index (Phi) is 4.97. The molecule has 0 saturated carbocycles. The van der Waals surface area contributed by atoms with Gasteiger partial charge in [0.05, 0.1) is 0 Å². The van der Waals surface area contributed by atoms with Gasteiger partial charge in [-0.05, 0) is 0 Å². The zero-order valence-electron chi connectivity index (χ0n) is 8.96. The number of hydrogen-bond acceptors (Lipinski definition) is 3. The van der Waals surface area contributed by atoms with Crippen LogP contribution in [0.3, 0.4) is 0 Å². The van der Waals surface area contributed by atoms with Gasteiger partial charge in [0.1, 0.15) is 5.25 Å². The lowest BCUT2D eigenvalue weighted by molar-refractivity contribution is -0.138. The summed E-state index contributed by atoms with van der Waals surface area (Å²) in [6.45, 7) is 5.78. The molecule has 0 bridgehead atoms. The number of hydrogen-bond donors (Lipinski definition) is 2. The zero-order chi connectivity index (χ0) is 11.4. The van der Waals surface area contributed by atoms with Crippen LogP contribution in [0.2, 0.25) is 0 Å². The molecule has 0 aliphatic rings. The Hall–Kier alpha value is -0.710. The van der Waals surface area contributed by atoms with Gasteiger partial charge < -0.3 is 10.4 Å². The average molecular weight is 219 g/mol. The molecule has 0 fully saturated rings. The van der Waals surface area contributed by atoms with Crippen molar-refractivity contribution in [2.75, 3.05) is 7.05 Å². The number of nitrogens with one attached hydrogen (secondary N) is 1. The molecule has 1 atom stereocenters. The van der Waals surface area contributed by atoms with Crippen molar-refractivity contribution >= 4 is 23.6 Å². The monoisotopic (exact) mass is 219 g/mol. The highest BCUT2D eigenvalue weighted by Crippen LogP contribution is 2.29. The molecule has 0 rings (SSSR count). The van der Waals surface area contributed by atoms with Crippen molar-refractivity contribution < 1.29 is 14.7 Å². The molecule has 2 N–H and O–H groups in total. The van der Waals surface area contributed by atoms with Gasteiger partial charge in [0.15, 0.2) is 0 Å². The SMILES string of the molecule is CNC(=O)CC(SC(C)(C)C)C(=O)O. The molecule has 5 heteroatoms. The molecule has 0 aromatic rings. The van der Waals surface area contributed by atoms with Gasteiger partial charge >= 0.3 is 5.97 Å². The first-order valence-electron chi connectivity index (χ1n) is 4.37. The predicted molar refractivity (Wildman–Crippen MR) is 57.5 cm³/mol. The molecule has 1 amide bonds. The molecule has 0 spiro atoms. The van der Waals surface area contributed by atoms with Gasteiger partial charge in [-0.1, -0.05) is 20.8 Å². The standard InChI is InChI=1S/C9H17NO3S/c1-9(2,3)14-6(8(12)13)5-7(11)10-4/h6H,5H2,1-4H3,(H,10,11)(H,12,13). The number of aliphatic carboxylic acids is 1. The summed E-state index contributed by atoms with van der Waals surface area (Å²) in [7, 11) is 1.50. The second kappa shape index (κ2) is 5.24. The molecular weight excluding hydrogens is 202 g/mol. The first-order valence-corrected chi connectivity index (χ1v) is 5.25. The van der Waals surface area contributed by atoms with E-state index in [-0.39, 0.29) is 17.1 Å². The fourth-order valence-corrected chi connectivity index (χ4v) is 2.07. The molecule has 1 unspecified atom stereocenters. The van der Waals surface area contributed by atoms with Gasteiger partial charge in [0.2, 0.25) is 5.91 Å². The van der Waals surface area contributed by atoms with Crippen LogP contribution >= 0.6 is 11.8 Å². The third-order valence-corrected chi connectivity index (χ3v) is 2.78. The van der Waals surface area contributed by atoms with Crippen LogP contribution in [0, 0.1) is 0 Å². The number of amides is 1. The molecule has 0 aliphatic heterocycles. The number of carbonyl (C=O) groups is 2. The first-order chi connectivity index (χ1) is 6.26. The van der Waals surface area contributed by atoms with Gasteiger partial charge in [-0.25, -0.2) is 0 Å². The Morgan fingerprint density at radius 2 is 1.93 bits per heavy atom. The van der Waals surface area contributed by atoms with Crippen LogP contribution in [-0.2, 0) is 9.59 Å². The summed E-state index contributed by atoms with van der Waals surface area (Å²) in [6.07, 6.45) is 0.0216. The quantitative estimate of drug-likeness (QED) is 0.743. The van der Waals surface area contributed by atoms with Gasteiger partial charge in [-0.15, -0.1) is 11.8 Å². The zero-order valence-corrected chi connectivity index (χ0v) is 9.77. The van der Waals surface area contributed by atoms with E-state index in [0.717, 1.165) is 0 Å². The van der Waals surface area contributed by atoms with Crippen molar-refractivity contribution in [3.63, 3.8) is 0 Å². The van der Waals surface area contributed by atoms with E-state index in [9.17, 15) is 9.59 Å². The summed E-state index contributed by atoms with van der Waals surface area (Å²) in [4.78, 5) is 21.9. The van der Waals surface area contributed by atoms with E-state index in [2.05, 4.69) is 5.32 Å². The van der Waals surface area contributed by atoms with Gasteiger partial charge in [0.25, 0.3) is 0 Å². The molecule has 4 nitrogen and oxygen atoms in total. The third-order valence-electron chi connectivity index (χ3n) is 1.42. The van der Waals surface area contributed by atoms with Gasteiger partial charge in [-0.2, -0.15) is 0 Å². The minimum atomic E-state index is -0.937. The summed E-state index contributed by atoms with van der Waals surface area (Å²) in [6, 6.07) is 0. The van der Waals surface area contributed by atoms with Crippen molar-refractivity contribution in [3.8, 4) is 0 Å². The maximum absolute atomic E-state index is 11.0. The first kappa shape index (κ1) is 13.3. The number of carbonyl (C=O) groups excluding carboxylic acids is 1. The van der Waals surface area contributed by atoms with Crippen molar-refractivity contribution in [3.05, 3.63) is 0 Å². The number of carboxylic acids is 1. The largest absolute Gasteiger partial charge is 0.480 e. The van der Waals surface area contributed by atoms with Gasteiger partial charge in [0, 0.05) is 18.2 Å². The molecular formula is C9H17NO3S. The van der Waals surface area contributed by atoms with E-state index in [1.807, 2.05) is 20.8 Å². The average Bonchev–Trinajstić information content (AvgIpc) is 2.00. The van der Waals surface area contributed by atoms with Crippen molar-refractivity contribution in [2.24, 2.45) is 0 Å². The number of thioether (sulfide) groups is 1. The van der Waals surface area contributed by atoms with Crippen molar-refractivity contribution in [2.45, 2.75) is 37.2 Å². The lowest BCUT2D eigenvalue weighted by atomic mass is 10.2. The highest BCUT2D eigenvalue weighted by atomic mass is 32.2. The van der Waals surface area contributed by atoms with Crippen molar-refractivity contribution in [1.82, 2.24) is 5.32 Å². The summed E-state index contributed by atoms with van der Waals surface area (Å²) >= 11 is 1.29.